The molecule has 0 aromatic heterocycles. The lowest BCUT2D eigenvalue weighted by molar-refractivity contribution is -0.167. The van der Waals surface area contributed by atoms with Crippen molar-refractivity contribution < 1.29 is 28.6 Å². The Morgan fingerprint density at radius 3 is 0.759 bits per heavy atom. The van der Waals surface area contributed by atoms with Crippen LogP contribution < -0.4 is 0 Å². The summed E-state index contributed by atoms with van der Waals surface area (Å²) in [6.07, 6.45) is 94.7. The summed E-state index contributed by atoms with van der Waals surface area (Å²) < 4.78 is 17.0. The van der Waals surface area contributed by atoms with Crippen LogP contribution in [-0.4, -0.2) is 37.2 Å². The molecule has 1 atom stereocenters. The minimum absolute atomic E-state index is 0.0763. The summed E-state index contributed by atoms with van der Waals surface area (Å²) in [5, 5.41) is 0. The summed E-state index contributed by atoms with van der Waals surface area (Å²) in [4.78, 5) is 38.4. The second kappa shape index (κ2) is 71.1. The van der Waals surface area contributed by atoms with E-state index in [-0.39, 0.29) is 31.1 Å². The summed E-state index contributed by atoms with van der Waals surface area (Å²) in [5.74, 6) is -0.868. The monoisotopic (exact) mass is 1160 g/mol. The zero-order valence-corrected chi connectivity index (χ0v) is 55.2. The fraction of sp³-hybridized carbons (Fsp3) is 0.779. The Kier molecular flexibility index (Phi) is 68.2. The van der Waals surface area contributed by atoms with Gasteiger partial charge in [0, 0.05) is 19.3 Å². The molecule has 0 bridgehead atoms. The molecule has 0 aliphatic rings. The second-order valence-corrected chi connectivity index (χ2v) is 24.1. The van der Waals surface area contributed by atoms with E-state index in [0.29, 0.717) is 19.3 Å². The van der Waals surface area contributed by atoms with Crippen molar-refractivity contribution in [3.8, 4) is 0 Å². The van der Waals surface area contributed by atoms with Crippen LogP contribution in [0.3, 0.4) is 0 Å². The molecule has 480 valence electrons. The third kappa shape index (κ3) is 69.3. The van der Waals surface area contributed by atoms with Crippen LogP contribution in [0.15, 0.2) is 85.1 Å². The van der Waals surface area contributed by atoms with Crippen molar-refractivity contribution in [1.29, 1.82) is 0 Å². The Morgan fingerprint density at radius 1 is 0.253 bits per heavy atom. The summed E-state index contributed by atoms with van der Waals surface area (Å²) in [6.45, 7) is 6.55. The van der Waals surface area contributed by atoms with Crippen molar-refractivity contribution in [3.05, 3.63) is 85.1 Å². The third-order valence-electron chi connectivity index (χ3n) is 15.9. The highest BCUT2D eigenvalue weighted by atomic mass is 16.6. The molecule has 1 unspecified atom stereocenters. The van der Waals surface area contributed by atoms with Crippen LogP contribution >= 0.6 is 0 Å². The van der Waals surface area contributed by atoms with E-state index in [9.17, 15) is 14.4 Å². The van der Waals surface area contributed by atoms with Gasteiger partial charge >= 0.3 is 17.9 Å². The molecule has 0 rings (SSSR count). The predicted octanol–water partition coefficient (Wildman–Crippen LogP) is 25.0. The Morgan fingerprint density at radius 2 is 0.470 bits per heavy atom. The van der Waals surface area contributed by atoms with Crippen LogP contribution in [-0.2, 0) is 28.6 Å². The predicted molar refractivity (Wildman–Crippen MR) is 362 cm³/mol. The number of unbranched alkanes of at least 4 members (excludes halogenated alkanes) is 41. The first-order valence-corrected chi connectivity index (χ1v) is 36.1. The van der Waals surface area contributed by atoms with Gasteiger partial charge in [-0.1, -0.05) is 318 Å². The first kappa shape index (κ1) is 79.6. The Labute approximate surface area is 515 Å². The summed E-state index contributed by atoms with van der Waals surface area (Å²) in [6, 6.07) is 0. The largest absolute Gasteiger partial charge is 0.462 e. The van der Waals surface area contributed by atoms with Gasteiger partial charge in [0.05, 0.1) is 0 Å². The number of hydrogen-bond donors (Lipinski definition) is 0. The van der Waals surface area contributed by atoms with Gasteiger partial charge in [0.15, 0.2) is 6.10 Å². The van der Waals surface area contributed by atoms with Crippen LogP contribution in [0, 0.1) is 0 Å². The molecule has 6 heteroatoms. The Balaban J connectivity index is 4.22. The molecule has 0 saturated carbocycles. The number of ether oxygens (including phenoxy) is 3. The van der Waals surface area contributed by atoms with Gasteiger partial charge < -0.3 is 14.2 Å². The number of carbonyl (C=O) groups is 3. The van der Waals surface area contributed by atoms with Gasteiger partial charge in [-0.3, -0.25) is 14.4 Å². The van der Waals surface area contributed by atoms with Gasteiger partial charge in [0.2, 0.25) is 0 Å². The summed E-state index contributed by atoms with van der Waals surface area (Å²) in [7, 11) is 0. The molecule has 0 N–H and O–H groups in total. The number of carbonyl (C=O) groups excluding carboxylic acids is 3. The highest BCUT2D eigenvalue weighted by Gasteiger charge is 2.19. The van der Waals surface area contributed by atoms with Gasteiger partial charge in [0.1, 0.15) is 13.2 Å². The first-order valence-electron chi connectivity index (χ1n) is 36.1. The van der Waals surface area contributed by atoms with E-state index in [2.05, 4.69) is 106 Å². The van der Waals surface area contributed by atoms with Gasteiger partial charge in [-0.2, -0.15) is 0 Å². The van der Waals surface area contributed by atoms with E-state index in [4.69, 9.17) is 14.2 Å². The molecular weight excluding hydrogens is 1020 g/mol. The average molecular weight is 1160 g/mol. The molecule has 0 saturated heterocycles. The number of allylic oxidation sites excluding steroid dienone is 14. The van der Waals surface area contributed by atoms with Crippen molar-refractivity contribution in [2.75, 3.05) is 13.2 Å². The standard InChI is InChI=1S/C77H136O6/c1-4-7-10-13-16-19-22-25-27-29-31-33-34-35-36-37-38-39-40-41-42-44-45-47-49-52-55-58-61-64-67-70-76(79)82-73-74(72-81-75(78)69-66-63-60-57-54-51-24-21-18-15-12-9-6-3)83-77(80)71-68-65-62-59-56-53-50-48-46-43-32-30-28-26-23-20-17-14-11-8-5-2/h7,10,16,19,21,24-25,27,30-33,35-36,74H,4-6,8-9,11-15,17-18,20,22-23,26,28-29,34,37-73H2,1-3H3/b10-7-,19-16-,24-21-,27-25-,32-30-,33-31-,36-35-. The van der Waals surface area contributed by atoms with Gasteiger partial charge in [0.25, 0.3) is 0 Å². The highest BCUT2D eigenvalue weighted by molar-refractivity contribution is 5.71. The van der Waals surface area contributed by atoms with Crippen molar-refractivity contribution >= 4 is 17.9 Å². The molecule has 6 nitrogen and oxygen atoms in total. The van der Waals surface area contributed by atoms with E-state index in [1.54, 1.807) is 0 Å². The zero-order valence-electron chi connectivity index (χ0n) is 55.2. The minimum atomic E-state index is -0.781. The SMILES string of the molecule is CC/C=C\C/C=C\C/C=C\C/C=C\C/C=C\CCCCCCCCCCCCCCCCCC(=O)OCC(COC(=O)CCCCCCC/C=C\CCCCCC)OC(=O)CCCCCCCCCCC/C=C\CCCCCCCCCC. The maximum Gasteiger partial charge on any atom is 0.306 e. The molecule has 0 aliphatic heterocycles. The lowest BCUT2D eigenvalue weighted by Crippen LogP contribution is -2.30. The topological polar surface area (TPSA) is 78.9 Å². The number of rotatable bonds is 66. The maximum absolute atomic E-state index is 13.0. The van der Waals surface area contributed by atoms with E-state index in [0.717, 1.165) is 96.3 Å². The molecule has 0 radical (unpaired) electrons. The maximum atomic E-state index is 13.0. The third-order valence-corrected chi connectivity index (χ3v) is 15.9. The van der Waals surface area contributed by atoms with Gasteiger partial charge in [-0.25, -0.2) is 0 Å². The second-order valence-electron chi connectivity index (χ2n) is 24.1. The fourth-order valence-electron chi connectivity index (χ4n) is 10.5. The quantitative estimate of drug-likeness (QED) is 0.0261. The lowest BCUT2D eigenvalue weighted by Gasteiger charge is -2.18. The number of esters is 3. The van der Waals surface area contributed by atoms with E-state index in [1.165, 1.54) is 231 Å². The van der Waals surface area contributed by atoms with Crippen LogP contribution in [0.2, 0.25) is 0 Å². The van der Waals surface area contributed by atoms with Crippen molar-refractivity contribution in [2.45, 2.75) is 374 Å². The van der Waals surface area contributed by atoms with Crippen molar-refractivity contribution in [2.24, 2.45) is 0 Å². The van der Waals surface area contributed by atoms with Gasteiger partial charge in [-0.05, 0) is 116 Å². The van der Waals surface area contributed by atoms with Crippen LogP contribution in [0.5, 0.6) is 0 Å². The lowest BCUT2D eigenvalue weighted by atomic mass is 10.0. The van der Waals surface area contributed by atoms with Crippen molar-refractivity contribution in [3.63, 3.8) is 0 Å². The normalized spacial score (nSPS) is 12.6. The minimum Gasteiger partial charge on any atom is -0.462 e. The summed E-state index contributed by atoms with van der Waals surface area (Å²) >= 11 is 0. The Bertz CT molecular complexity index is 1570. The average Bonchev–Trinajstić information content (AvgIpc) is 3.49. The molecule has 0 spiro atoms. The molecule has 0 aromatic rings. The van der Waals surface area contributed by atoms with Crippen molar-refractivity contribution in [1.82, 2.24) is 0 Å². The Hall–Kier alpha value is -3.41. The van der Waals surface area contributed by atoms with E-state index >= 15 is 0 Å². The molecule has 0 heterocycles. The first-order chi connectivity index (χ1) is 41.0. The molecule has 0 aliphatic carbocycles. The van der Waals surface area contributed by atoms with E-state index < -0.39 is 6.10 Å². The van der Waals surface area contributed by atoms with E-state index in [1.807, 2.05) is 0 Å². The van der Waals surface area contributed by atoms with Crippen LogP contribution in [0.4, 0.5) is 0 Å². The molecule has 0 amide bonds. The fourth-order valence-corrected chi connectivity index (χ4v) is 10.5. The highest BCUT2D eigenvalue weighted by Crippen LogP contribution is 2.18. The van der Waals surface area contributed by atoms with Gasteiger partial charge in [-0.15, -0.1) is 0 Å². The van der Waals surface area contributed by atoms with Crippen LogP contribution in [0.1, 0.15) is 367 Å². The molecule has 0 fully saturated rings. The molecular formula is C77H136O6. The number of hydrogen-bond acceptors (Lipinski definition) is 6. The smallest absolute Gasteiger partial charge is 0.306 e. The molecule has 0 aromatic carbocycles. The molecule has 83 heavy (non-hydrogen) atoms. The van der Waals surface area contributed by atoms with Crippen LogP contribution in [0.25, 0.3) is 0 Å². The zero-order chi connectivity index (χ0) is 59.9. The summed E-state index contributed by atoms with van der Waals surface area (Å²) in [5.41, 5.74) is 0.